The smallest absolute Gasteiger partial charge is 0.173 e. The summed E-state index contributed by atoms with van der Waals surface area (Å²) >= 11 is 5.80. The Morgan fingerprint density at radius 2 is 1.79 bits per heavy atom. The van der Waals surface area contributed by atoms with Crippen molar-refractivity contribution in [2.45, 2.75) is 72.5 Å². The molecular weight excluding hydrogens is 314 g/mol. The fourth-order valence-corrected chi connectivity index (χ4v) is 4.02. The third-order valence-electron chi connectivity index (χ3n) is 5.05. The highest BCUT2D eigenvalue weighted by Crippen LogP contribution is 2.23. The van der Waals surface area contributed by atoms with Crippen molar-refractivity contribution in [3.05, 3.63) is 29.3 Å². The molecule has 1 aromatic carbocycles. The Morgan fingerprint density at radius 1 is 1.17 bits per heavy atom. The number of anilines is 1. The molecule has 1 fully saturated rings. The van der Waals surface area contributed by atoms with Crippen LogP contribution in [0.15, 0.2) is 18.2 Å². The molecule has 0 aliphatic carbocycles. The summed E-state index contributed by atoms with van der Waals surface area (Å²) < 4.78 is 0. The molecule has 134 valence electrons. The van der Waals surface area contributed by atoms with Crippen LogP contribution in [-0.4, -0.2) is 46.1 Å². The molecule has 4 heteroatoms. The minimum atomic E-state index is 0.408. The maximum Gasteiger partial charge on any atom is 0.173 e. The second kappa shape index (κ2) is 8.30. The molecule has 0 atom stereocenters. The summed E-state index contributed by atoms with van der Waals surface area (Å²) in [5.74, 6) is 0. The van der Waals surface area contributed by atoms with Crippen LogP contribution in [0.5, 0.6) is 0 Å². The molecule has 0 radical (unpaired) electrons. The first-order valence-electron chi connectivity index (χ1n) is 9.20. The minimum absolute atomic E-state index is 0.408. The van der Waals surface area contributed by atoms with Crippen molar-refractivity contribution in [2.24, 2.45) is 0 Å². The van der Waals surface area contributed by atoms with Gasteiger partial charge in [-0.3, -0.25) is 0 Å². The topological polar surface area (TPSA) is 18.5 Å². The number of benzene rings is 1. The zero-order chi connectivity index (χ0) is 17.9. The van der Waals surface area contributed by atoms with Gasteiger partial charge in [0, 0.05) is 36.9 Å². The van der Waals surface area contributed by atoms with Crippen LogP contribution < -0.4 is 5.32 Å². The fourth-order valence-electron chi connectivity index (χ4n) is 3.55. The fraction of sp³-hybridized carbons (Fsp3) is 0.650. The lowest BCUT2D eigenvalue weighted by atomic mass is 10.0. The third-order valence-corrected chi connectivity index (χ3v) is 5.36. The second-order valence-corrected chi connectivity index (χ2v) is 8.00. The highest BCUT2D eigenvalue weighted by Gasteiger charge is 2.28. The maximum atomic E-state index is 5.80. The number of rotatable bonds is 4. The van der Waals surface area contributed by atoms with Crippen molar-refractivity contribution in [1.29, 1.82) is 0 Å². The van der Waals surface area contributed by atoms with Crippen LogP contribution >= 0.6 is 12.2 Å². The molecule has 0 unspecified atom stereocenters. The van der Waals surface area contributed by atoms with Crippen LogP contribution in [-0.2, 0) is 0 Å². The van der Waals surface area contributed by atoms with Crippen LogP contribution in [0.25, 0.3) is 0 Å². The van der Waals surface area contributed by atoms with Crippen LogP contribution in [0.1, 0.15) is 51.7 Å². The highest BCUT2D eigenvalue weighted by molar-refractivity contribution is 7.80. The summed E-state index contributed by atoms with van der Waals surface area (Å²) in [6.07, 6.45) is 2.37. The van der Waals surface area contributed by atoms with Gasteiger partial charge in [0.15, 0.2) is 5.11 Å². The van der Waals surface area contributed by atoms with Gasteiger partial charge in [-0.25, -0.2) is 0 Å². The average Bonchev–Trinajstić information content (AvgIpc) is 2.51. The molecule has 24 heavy (non-hydrogen) atoms. The van der Waals surface area contributed by atoms with Crippen molar-refractivity contribution in [1.82, 2.24) is 9.80 Å². The molecule has 1 aliphatic rings. The van der Waals surface area contributed by atoms with Gasteiger partial charge in [0.1, 0.15) is 0 Å². The monoisotopic (exact) mass is 347 g/mol. The van der Waals surface area contributed by atoms with Crippen LogP contribution in [0.4, 0.5) is 5.69 Å². The molecule has 1 aliphatic heterocycles. The Kier molecular flexibility index (Phi) is 6.64. The summed E-state index contributed by atoms with van der Waals surface area (Å²) in [7, 11) is 0. The summed E-state index contributed by atoms with van der Waals surface area (Å²) in [5.41, 5.74) is 3.62. The van der Waals surface area contributed by atoms with E-state index in [1.54, 1.807) is 0 Å². The molecule has 1 aromatic rings. The van der Waals surface area contributed by atoms with Crippen LogP contribution in [0.2, 0.25) is 0 Å². The summed E-state index contributed by atoms with van der Waals surface area (Å²) in [5, 5.41) is 4.37. The van der Waals surface area contributed by atoms with E-state index in [0.717, 1.165) is 23.9 Å². The predicted octanol–water partition coefficient (Wildman–Crippen LogP) is 4.58. The lowest BCUT2D eigenvalue weighted by molar-refractivity contribution is 0.117. The van der Waals surface area contributed by atoms with E-state index in [0.29, 0.717) is 18.1 Å². The number of aryl methyl sites for hydroxylation is 2. The van der Waals surface area contributed by atoms with Crippen molar-refractivity contribution in [3.8, 4) is 0 Å². The van der Waals surface area contributed by atoms with Crippen molar-refractivity contribution in [3.63, 3.8) is 0 Å². The van der Waals surface area contributed by atoms with E-state index in [4.69, 9.17) is 12.2 Å². The van der Waals surface area contributed by atoms with Gasteiger partial charge in [0.2, 0.25) is 0 Å². The molecule has 1 N–H and O–H groups in total. The third kappa shape index (κ3) is 4.70. The molecular formula is C20H33N3S. The Labute approximate surface area is 153 Å². The molecule has 2 rings (SSSR count). The molecule has 0 saturated carbocycles. The van der Waals surface area contributed by atoms with E-state index in [9.17, 15) is 0 Å². The molecule has 0 aromatic heterocycles. The molecule has 1 saturated heterocycles. The first-order chi connectivity index (χ1) is 11.3. The number of hydrogen-bond acceptors (Lipinski definition) is 2. The minimum Gasteiger partial charge on any atom is -0.344 e. The first-order valence-corrected chi connectivity index (χ1v) is 9.61. The molecule has 1 heterocycles. The van der Waals surface area contributed by atoms with Crippen molar-refractivity contribution >= 4 is 23.0 Å². The van der Waals surface area contributed by atoms with Gasteiger partial charge in [-0.15, -0.1) is 0 Å². The van der Waals surface area contributed by atoms with E-state index >= 15 is 0 Å². The zero-order valence-corrected chi connectivity index (χ0v) is 16.9. The number of hydrogen-bond donors (Lipinski definition) is 1. The summed E-state index contributed by atoms with van der Waals surface area (Å²) in [6, 6.07) is 8.06. The zero-order valence-electron chi connectivity index (χ0n) is 16.1. The van der Waals surface area contributed by atoms with Gasteiger partial charge in [-0.05, 0) is 83.8 Å². The normalized spacial score (nSPS) is 16.7. The Bertz CT molecular complexity index is 560. The van der Waals surface area contributed by atoms with Gasteiger partial charge < -0.3 is 15.1 Å². The first kappa shape index (κ1) is 19.2. The molecule has 0 bridgehead atoms. The van der Waals surface area contributed by atoms with Gasteiger partial charge in [-0.1, -0.05) is 12.1 Å². The number of likely N-dealkylation sites (tertiary alicyclic amines) is 1. The standard InChI is InChI=1S/C20H33N3S/c1-14(2)22-11-9-18(10-12-22)23(15(3)4)20(24)21-19-13-16(5)7-8-17(19)6/h7-8,13-15,18H,9-12H2,1-6H3,(H,21,24). The largest absolute Gasteiger partial charge is 0.344 e. The van der Waals surface area contributed by atoms with Crippen molar-refractivity contribution < 1.29 is 0 Å². The number of thiocarbonyl (C=S) groups is 1. The lowest BCUT2D eigenvalue weighted by Gasteiger charge is -2.43. The van der Waals surface area contributed by atoms with E-state index in [2.05, 4.69) is 74.9 Å². The summed E-state index contributed by atoms with van der Waals surface area (Å²) in [4.78, 5) is 4.98. The Balaban J connectivity index is 2.07. The molecule has 0 spiro atoms. The van der Waals surface area contributed by atoms with Gasteiger partial charge in [0.25, 0.3) is 0 Å². The lowest BCUT2D eigenvalue weighted by Crippen LogP contribution is -2.52. The van der Waals surface area contributed by atoms with E-state index in [-0.39, 0.29) is 0 Å². The maximum absolute atomic E-state index is 5.80. The van der Waals surface area contributed by atoms with Crippen LogP contribution in [0, 0.1) is 13.8 Å². The SMILES string of the molecule is Cc1ccc(C)c(NC(=S)N(C(C)C)C2CCN(C(C)C)CC2)c1. The van der Waals surface area contributed by atoms with E-state index < -0.39 is 0 Å². The van der Waals surface area contributed by atoms with E-state index in [1.165, 1.54) is 24.0 Å². The molecule has 0 amide bonds. The van der Waals surface area contributed by atoms with E-state index in [1.807, 2.05) is 0 Å². The van der Waals surface area contributed by atoms with Gasteiger partial charge >= 0.3 is 0 Å². The highest BCUT2D eigenvalue weighted by atomic mass is 32.1. The number of piperidine rings is 1. The van der Waals surface area contributed by atoms with Crippen molar-refractivity contribution in [2.75, 3.05) is 18.4 Å². The van der Waals surface area contributed by atoms with Gasteiger partial charge in [0.05, 0.1) is 0 Å². The number of nitrogens with zero attached hydrogens (tertiary/aromatic N) is 2. The average molecular weight is 348 g/mol. The van der Waals surface area contributed by atoms with Crippen LogP contribution in [0.3, 0.4) is 0 Å². The molecule has 3 nitrogen and oxygen atoms in total. The summed E-state index contributed by atoms with van der Waals surface area (Å²) in [6.45, 7) is 15.6. The second-order valence-electron chi connectivity index (χ2n) is 7.61. The quantitative estimate of drug-likeness (QED) is 0.803. The Morgan fingerprint density at radius 3 is 2.33 bits per heavy atom. The van der Waals surface area contributed by atoms with Gasteiger partial charge in [-0.2, -0.15) is 0 Å². The predicted molar refractivity (Wildman–Crippen MR) is 109 cm³/mol. The number of nitrogens with one attached hydrogen (secondary N) is 1. The Hall–Kier alpha value is -1.13.